The van der Waals surface area contributed by atoms with E-state index in [0.717, 1.165) is 25.9 Å². The highest BCUT2D eigenvalue weighted by atomic mass is 35.5. The number of hydrogen-bond donors (Lipinski definition) is 1. The molecule has 0 radical (unpaired) electrons. The lowest BCUT2D eigenvalue weighted by Gasteiger charge is -2.32. The first kappa shape index (κ1) is 22.2. The van der Waals surface area contributed by atoms with Crippen molar-refractivity contribution in [1.82, 2.24) is 4.90 Å². The number of benzene rings is 2. The van der Waals surface area contributed by atoms with Crippen LogP contribution in [0.25, 0.3) is 0 Å². The van der Waals surface area contributed by atoms with Gasteiger partial charge in [0.1, 0.15) is 31.7 Å². The molecule has 2 aliphatic rings. The average Bonchev–Trinajstić information content (AvgIpc) is 2.79. The SMILES string of the molecule is O=C(c1ccc2c(c1)OCCO2)C1CCN(CC(O)COc2cc(Cl)ccc2Cl)CC1. The number of halogens is 2. The molecule has 6 nitrogen and oxygen atoms in total. The van der Waals surface area contributed by atoms with Gasteiger partial charge in [-0.25, -0.2) is 0 Å². The Morgan fingerprint density at radius 1 is 1.10 bits per heavy atom. The molecule has 2 aromatic carbocycles. The second-order valence-electron chi connectivity index (χ2n) is 7.84. The summed E-state index contributed by atoms with van der Waals surface area (Å²) in [7, 11) is 0. The minimum absolute atomic E-state index is 0.0301. The Labute approximate surface area is 191 Å². The molecule has 2 aliphatic heterocycles. The van der Waals surface area contributed by atoms with E-state index < -0.39 is 6.10 Å². The molecule has 2 heterocycles. The number of ketones is 1. The van der Waals surface area contributed by atoms with Crippen LogP contribution in [0.4, 0.5) is 0 Å². The highest BCUT2D eigenvalue weighted by molar-refractivity contribution is 6.34. The third-order valence-corrected chi connectivity index (χ3v) is 6.13. The quantitative estimate of drug-likeness (QED) is 0.620. The largest absolute Gasteiger partial charge is 0.489 e. The van der Waals surface area contributed by atoms with Crippen LogP contribution >= 0.6 is 23.2 Å². The molecule has 2 aromatic rings. The number of Topliss-reactive ketones (excluding diaryl/α,β-unsaturated/α-hetero) is 1. The summed E-state index contributed by atoms with van der Waals surface area (Å²) in [5.41, 5.74) is 0.662. The second kappa shape index (κ2) is 10.1. The maximum Gasteiger partial charge on any atom is 0.166 e. The molecule has 8 heteroatoms. The van der Waals surface area contributed by atoms with Gasteiger partial charge < -0.3 is 24.2 Å². The minimum atomic E-state index is -0.667. The Kier molecular flexibility index (Phi) is 7.23. The van der Waals surface area contributed by atoms with Crippen LogP contribution in [-0.2, 0) is 0 Å². The number of rotatable bonds is 7. The van der Waals surface area contributed by atoms with E-state index in [-0.39, 0.29) is 18.3 Å². The predicted octanol–water partition coefficient (Wildman–Crippen LogP) is 4.10. The fraction of sp³-hybridized carbons (Fsp3) is 0.435. The Morgan fingerprint density at radius 3 is 2.61 bits per heavy atom. The Balaban J connectivity index is 1.24. The molecule has 0 bridgehead atoms. The average molecular weight is 466 g/mol. The van der Waals surface area contributed by atoms with Crippen LogP contribution < -0.4 is 14.2 Å². The van der Waals surface area contributed by atoms with Crippen molar-refractivity contribution in [2.24, 2.45) is 5.92 Å². The first-order chi connectivity index (χ1) is 15.0. The maximum absolute atomic E-state index is 12.9. The Bertz CT molecular complexity index is 930. The van der Waals surface area contributed by atoms with E-state index in [9.17, 15) is 9.90 Å². The lowest BCUT2D eigenvalue weighted by Crippen LogP contribution is -2.42. The molecule has 0 spiro atoms. The molecule has 1 saturated heterocycles. The zero-order chi connectivity index (χ0) is 21.8. The predicted molar refractivity (Wildman–Crippen MR) is 119 cm³/mol. The molecule has 4 rings (SSSR count). The highest BCUT2D eigenvalue weighted by Crippen LogP contribution is 2.33. The molecule has 1 fully saturated rings. The number of likely N-dealkylation sites (tertiary alicyclic amines) is 1. The van der Waals surface area contributed by atoms with Gasteiger partial charge >= 0.3 is 0 Å². The van der Waals surface area contributed by atoms with E-state index in [2.05, 4.69) is 4.90 Å². The topological polar surface area (TPSA) is 68.2 Å². The van der Waals surface area contributed by atoms with Crippen molar-refractivity contribution in [1.29, 1.82) is 0 Å². The molecule has 0 aromatic heterocycles. The van der Waals surface area contributed by atoms with Crippen molar-refractivity contribution < 1.29 is 24.1 Å². The Morgan fingerprint density at radius 2 is 1.84 bits per heavy atom. The first-order valence-electron chi connectivity index (χ1n) is 10.4. The smallest absolute Gasteiger partial charge is 0.166 e. The summed E-state index contributed by atoms with van der Waals surface area (Å²) in [6, 6.07) is 10.4. The van der Waals surface area contributed by atoms with Gasteiger partial charge in [0.15, 0.2) is 17.3 Å². The Hall–Kier alpha value is -1.99. The van der Waals surface area contributed by atoms with Crippen molar-refractivity contribution in [2.75, 3.05) is 39.5 Å². The van der Waals surface area contributed by atoms with E-state index in [1.165, 1.54) is 0 Å². The molecule has 0 amide bonds. The number of carbonyl (C=O) groups is 1. The zero-order valence-corrected chi connectivity index (χ0v) is 18.6. The van der Waals surface area contributed by atoms with E-state index >= 15 is 0 Å². The monoisotopic (exact) mass is 465 g/mol. The van der Waals surface area contributed by atoms with E-state index in [0.29, 0.717) is 52.6 Å². The van der Waals surface area contributed by atoms with Gasteiger partial charge in [-0.15, -0.1) is 0 Å². The number of β-amino-alcohol motifs (C(OH)–C–C–N with tert-alkyl or cyclic N) is 1. The summed E-state index contributed by atoms with van der Waals surface area (Å²) in [5, 5.41) is 11.3. The lowest BCUT2D eigenvalue weighted by atomic mass is 9.88. The van der Waals surface area contributed by atoms with Crippen molar-refractivity contribution in [3.8, 4) is 17.2 Å². The zero-order valence-electron chi connectivity index (χ0n) is 17.1. The van der Waals surface area contributed by atoms with Gasteiger partial charge in [0, 0.05) is 29.1 Å². The molecular weight excluding hydrogens is 441 g/mol. The van der Waals surface area contributed by atoms with Crippen LogP contribution in [0.1, 0.15) is 23.2 Å². The summed E-state index contributed by atoms with van der Waals surface area (Å²) < 4.78 is 16.7. The van der Waals surface area contributed by atoms with Crippen LogP contribution in [0.3, 0.4) is 0 Å². The van der Waals surface area contributed by atoms with Gasteiger partial charge in [0.25, 0.3) is 0 Å². The number of aliphatic hydroxyl groups is 1. The maximum atomic E-state index is 12.9. The van der Waals surface area contributed by atoms with Crippen molar-refractivity contribution in [3.63, 3.8) is 0 Å². The number of fused-ring (bicyclic) bond motifs is 1. The first-order valence-corrected chi connectivity index (χ1v) is 11.2. The van der Waals surface area contributed by atoms with Crippen molar-refractivity contribution in [3.05, 3.63) is 52.0 Å². The van der Waals surface area contributed by atoms with Gasteiger partial charge in [-0.05, 0) is 56.3 Å². The summed E-state index contributed by atoms with van der Waals surface area (Å²) >= 11 is 12.0. The minimum Gasteiger partial charge on any atom is -0.489 e. The van der Waals surface area contributed by atoms with E-state index in [1.54, 1.807) is 30.3 Å². The molecule has 1 N–H and O–H groups in total. The number of aliphatic hydroxyl groups excluding tert-OH is 1. The van der Waals surface area contributed by atoms with Crippen molar-refractivity contribution >= 4 is 29.0 Å². The molecule has 1 unspecified atom stereocenters. The van der Waals surface area contributed by atoms with E-state index in [1.807, 2.05) is 6.07 Å². The number of ether oxygens (including phenoxy) is 3. The molecule has 1 atom stereocenters. The fourth-order valence-electron chi connectivity index (χ4n) is 3.93. The molecule has 0 saturated carbocycles. The molecule has 166 valence electrons. The molecular formula is C23H25Cl2NO5. The summed E-state index contributed by atoms with van der Waals surface area (Å²) in [6.45, 7) is 3.12. The summed E-state index contributed by atoms with van der Waals surface area (Å²) in [5.74, 6) is 1.89. The number of nitrogens with zero attached hydrogens (tertiary/aromatic N) is 1. The third kappa shape index (κ3) is 5.63. The van der Waals surface area contributed by atoms with Gasteiger partial charge in [-0.2, -0.15) is 0 Å². The van der Waals surface area contributed by atoms with Gasteiger partial charge in [-0.1, -0.05) is 23.2 Å². The molecule has 31 heavy (non-hydrogen) atoms. The lowest BCUT2D eigenvalue weighted by molar-refractivity contribution is 0.0524. The van der Waals surface area contributed by atoms with E-state index in [4.69, 9.17) is 37.4 Å². The van der Waals surface area contributed by atoms with Gasteiger partial charge in [-0.3, -0.25) is 4.79 Å². The number of carbonyl (C=O) groups excluding carboxylic acids is 1. The normalized spacial score (nSPS) is 17.9. The second-order valence-corrected chi connectivity index (χ2v) is 8.68. The molecule has 0 aliphatic carbocycles. The summed E-state index contributed by atoms with van der Waals surface area (Å²) in [4.78, 5) is 15.1. The van der Waals surface area contributed by atoms with Crippen LogP contribution in [0.2, 0.25) is 10.0 Å². The summed E-state index contributed by atoms with van der Waals surface area (Å²) in [6.07, 6.45) is 0.835. The highest BCUT2D eigenvalue weighted by Gasteiger charge is 2.27. The third-order valence-electron chi connectivity index (χ3n) is 5.58. The number of piperidine rings is 1. The van der Waals surface area contributed by atoms with Crippen molar-refractivity contribution in [2.45, 2.75) is 18.9 Å². The van der Waals surface area contributed by atoms with Crippen LogP contribution in [0, 0.1) is 5.92 Å². The standard InChI is InChI=1S/C23H25Cl2NO5/c24-17-2-3-19(25)21(12-17)31-14-18(27)13-26-7-5-15(6-8-26)23(28)16-1-4-20-22(11-16)30-10-9-29-20/h1-4,11-12,15,18,27H,5-10,13-14H2. The fourth-order valence-corrected chi connectivity index (χ4v) is 4.27. The number of hydrogen-bond acceptors (Lipinski definition) is 6. The van der Waals surface area contributed by atoms with Crippen LogP contribution in [-0.4, -0.2) is 61.3 Å². The van der Waals surface area contributed by atoms with Gasteiger partial charge in [0.05, 0.1) is 5.02 Å². The van der Waals surface area contributed by atoms with Gasteiger partial charge in [0.2, 0.25) is 0 Å². The van der Waals surface area contributed by atoms with Crippen LogP contribution in [0.5, 0.6) is 17.2 Å². The van der Waals surface area contributed by atoms with Crippen LogP contribution in [0.15, 0.2) is 36.4 Å².